The molecule has 0 spiro atoms. The minimum absolute atomic E-state index is 0.0106. The van der Waals surface area contributed by atoms with E-state index in [4.69, 9.17) is 0 Å². The van der Waals surface area contributed by atoms with Crippen molar-refractivity contribution < 1.29 is 4.79 Å². The molecule has 3 aromatic rings. The standard InChI is InChI=1S/C19H21N3OS/c1-13-4-6-14(7-5-13)17(12-22(2)3)19(23)21-16-9-8-15-11-20-24-18(15)10-16/h4-11,17H,12H2,1-3H3,(H,21,23). The number of carbonyl (C=O) groups is 1. The molecule has 24 heavy (non-hydrogen) atoms. The fraction of sp³-hybridized carbons (Fsp3) is 0.263. The second kappa shape index (κ2) is 7.11. The van der Waals surface area contributed by atoms with Crippen LogP contribution in [0.4, 0.5) is 5.69 Å². The molecule has 0 saturated heterocycles. The van der Waals surface area contributed by atoms with Crippen LogP contribution >= 0.6 is 11.5 Å². The topological polar surface area (TPSA) is 45.2 Å². The molecule has 1 aromatic heterocycles. The van der Waals surface area contributed by atoms with Gasteiger partial charge in [-0.2, -0.15) is 4.37 Å². The summed E-state index contributed by atoms with van der Waals surface area (Å²) < 4.78 is 5.25. The average Bonchev–Trinajstić information content (AvgIpc) is 3.01. The van der Waals surface area contributed by atoms with Crippen LogP contribution in [0, 0.1) is 6.92 Å². The number of fused-ring (bicyclic) bond motifs is 1. The van der Waals surface area contributed by atoms with Gasteiger partial charge in [-0.05, 0) is 56.3 Å². The van der Waals surface area contributed by atoms with Crippen molar-refractivity contribution >= 4 is 33.2 Å². The van der Waals surface area contributed by atoms with Gasteiger partial charge in [0.05, 0.1) is 10.6 Å². The summed E-state index contributed by atoms with van der Waals surface area (Å²) in [6.07, 6.45) is 1.84. The van der Waals surface area contributed by atoms with E-state index in [9.17, 15) is 4.79 Å². The van der Waals surface area contributed by atoms with Gasteiger partial charge >= 0.3 is 0 Å². The van der Waals surface area contributed by atoms with E-state index in [1.54, 1.807) is 0 Å². The smallest absolute Gasteiger partial charge is 0.233 e. The van der Waals surface area contributed by atoms with E-state index < -0.39 is 0 Å². The van der Waals surface area contributed by atoms with Crippen molar-refractivity contribution in [2.24, 2.45) is 0 Å². The minimum Gasteiger partial charge on any atom is -0.325 e. The summed E-state index contributed by atoms with van der Waals surface area (Å²) in [5, 5.41) is 4.15. The van der Waals surface area contributed by atoms with E-state index in [2.05, 4.69) is 28.7 Å². The van der Waals surface area contributed by atoms with Crippen LogP contribution in [-0.4, -0.2) is 35.8 Å². The molecular weight excluding hydrogens is 318 g/mol. The Labute approximate surface area is 146 Å². The van der Waals surface area contributed by atoms with Crippen molar-refractivity contribution in [1.82, 2.24) is 9.27 Å². The number of benzene rings is 2. The molecule has 1 amide bonds. The number of anilines is 1. The van der Waals surface area contributed by atoms with Crippen molar-refractivity contribution in [3.05, 3.63) is 59.8 Å². The normalized spacial score (nSPS) is 12.5. The zero-order chi connectivity index (χ0) is 17.1. The van der Waals surface area contributed by atoms with E-state index in [0.717, 1.165) is 21.3 Å². The van der Waals surface area contributed by atoms with Gasteiger partial charge in [0, 0.05) is 23.8 Å². The Balaban J connectivity index is 1.83. The molecule has 0 aliphatic carbocycles. The predicted octanol–water partition coefficient (Wildman–Crippen LogP) is 3.89. The molecule has 1 heterocycles. The number of aromatic nitrogens is 1. The number of carbonyl (C=O) groups excluding carboxylic acids is 1. The molecule has 1 N–H and O–H groups in total. The molecule has 124 valence electrons. The molecule has 0 radical (unpaired) electrons. The zero-order valence-electron chi connectivity index (χ0n) is 14.1. The number of likely N-dealkylation sites (N-methyl/N-ethyl adjacent to an activating group) is 1. The van der Waals surface area contributed by atoms with Crippen LogP contribution < -0.4 is 5.32 Å². The van der Waals surface area contributed by atoms with Crippen LogP contribution in [0.25, 0.3) is 10.1 Å². The monoisotopic (exact) mass is 339 g/mol. The van der Waals surface area contributed by atoms with Gasteiger partial charge in [0.1, 0.15) is 0 Å². The lowest BCUT2D eigenvalue weighted by Crippen LogP contribution is -2.30. The third-order valence-electron chi connectivity index (χ3n) is 3.97. The highest BCUT2D eigenvalue weighted by molar-refractivity contribution is 7.13. The molecular formula is C19H21N3OS. The first-order chi connectivity index (χ1) is 11.5. The molecule has 2 aromatic carbocycles. The van der Waals surface area contributed by atoms with Crippen LogP contribution in [0.15, 0.2) is 48.7 Å². The summed E-state index contributed by atoms with van der Waals surface area (Å²) >= 11 is 1.44. The quantitative estimate of drug-likeness (QED) is 0.767. The van der Waals surface area contributed by atoms with Crippen LogP contribution in [0.3, 0.4) is 0 Å². The number of aryl methyl sites for hydroxylation is 1. The lowest BCUT2D eigenvalue weighted by Gasteiger charge is -2.21. The van der Waals surface area contributed by atoms with Crippen LogP contribution in [0.2, 0.25) is 0 Å². The Morgan fingerprint density at radius 1 is 1.21 bits per heavy atom. The van der Waals surface area contributed by atoms with Crippen molar-refractivity contribution in [2.75, 3.05) is 26.0 Å². The van der Waals surface area contributed by atoms with Gasteiger partial charge in [-0.3, -0.25) is 4.79 Å². The summed E-state index contributed by atoms with van der Waals surface area (Å²) in [4.78, 5) is 14.9. The Kier molecular flexibility index (Phi) is 4.92. The largest absolute Gasteiger partial charge is 0.325 e. The maximum Gasteiger partial charge on any atom is 0.233 e. The number of hydrogen-bond acceptors (Lipinski definition) is 4. The molecule has 4 nitrogen and oxygen atoms in total. The molecule has 5 heteroatoms. The molecule has 0 aliphatic heterocycles. The van der Waals surface area contributed by atoms with E-state index in [0.29, 0.717) is 6.54 Å². The summed E-state index contributed by atoms with van der Waals surface area (Å²) in [6, 6.07) is 14.1. The molecule has 1 unspecified atom stereocenters. The van der Waals surface area contributed by atoms with E-state index in [1.807, 2.05) is 55.5 Å². The van der Waals surface area contributed by atoms with E-state index >= 15 is 0 Å². The van der Waals surface area contributed by atoms with Gasteiger partial charge in [-0.15, -0.1) is 0 Å². The first-order valence-electron chi connectivity index (χ1n) is 7.89. The molecule has 0 bridgehead atoms. The van der Waals surface area contributed by atoms with Crippen LogP contribution in [-0.2, 0) is 4.79 Å². The highest BCUT2D eigenvalue weighted by Crippen LogP contribution is 2.24. The van der Waals surface area contributed by atoms with Gasteiger partial charge in [-0.25, -0.2) is 0 Å². The van der Waals surface area contributed by atoms with Crippen molar-refractivity contribution in [3.8, 4) is 0 Å². The Hall–Kier alpha value is -2.24. The molecule has 3 rings (SSSR count). The van der Waals surface area contributed by atoms with Crippen LogP contribution in [0.5, 0.6) is 0 Å². The molecule has 0 fully saturated rings. The number of nitrogens with one attached hydrogen (secondary N) is 1. The van der Waals surface area contributed by atoms with E-state index in [-0.39, 0.29) is 11.8 Å². The van der Waals surface area contributed by atoms with Gasteiger partial charge in [0.15, 0.2) is 0 Å². The maximum atomic E-state index is 12.9. The van der Waals surface area contributed by atoms with Crippen molar-refractivity contribution in [1.29, 1.82) is 0 Å². The number of rotatable bonds is 5. The lowest BCUT2D eigenvalue weighted by atomic mass is 9.96. The fourth-order valence-corrected chi connectivity index (χ4v) is 3.36. The zero-order valence-corrected chi connectivity index (χ0v) is 14.9. The number of hydrogen-bond donors (Lipinski definition) is 1. The third-order valence-corrected chi connectivity index (χ3v) is 4.73. The highest BCUT2D eigenvalue weighted by atomic mass is 32.1. The van der Waals surface area contributed by atoms with Gasteiger partial charge in [-0.1, -0.05) is 29.8 Å². The van der Waals surface area contributed by atoms with E-state index in [1.165, 1.54) is 17.1 Å². The summed E-state index contributed by atoms with van der Waals surface area (Å²) in [5.74, 6) is -0.200. The predicted molar refractivity (Wildman–Crippen MR) is 101 cm³/mol. The maximum absolute atomic E-state index is 12.9. The van der Waals surface area contributed by atoms with Gasteiger partial charge in [0.2, 0.25) is 5.91 Å². The number of amides is 1. The second-order valence-corrected chi connectivity index (χ2v) is 7.13. The highest BCUT2D eigenvalue weighted by Gasteiger charge is 2.21. The first kappa shape index (κ1) is 16.6. The average molecular weight is 339 g/mol. The van der Waals surface area contributed by atoms with Crippen molar-refractivity contribution in [2.45, 2.75) is 12.8 Å². The lowest BCUT2D eigenvalue weighted by molar-refractivity contribution is -0.117. The Morgan fingerprint density at radius 3 is 2.67 bits per heavy atom. The summed E-state index contributed by atoms with van der Waals surface area (Å²) in [5.41, 5.74) is 3.04. The second-order valence-electron chi connectivity index (χ2n) is 6.29. The Morgan fingerprint density at radius 2 is 1.96 bits per heavy atom. The summed E-state index contributed by atoms with van der Waals surface area (Å²) in [6.45, 7) is 2.72. The number of nitrogens with zero attached hydrogens (tertiary/aromatic N) is 2. The van der Waals surface area contributed by atoms with Crippen LogP contribution in [0.1, 0.15) is 17.0 Å². The Bertz CT molecular complexity index is 839. The first-order valence-corrected chi connectivity index (χ1v) is 8.67. The third kappa shape index (κ3) is 3.80. The van der Waals surface area contributed by atoms with Gasteiger partial charge < -0.3 is 10.2 Å². The minimum atomic E-state index is -0.210. The molecule has 1 atom stereocenters. The fourth-order valence-electron chi connectivity index (χ4n) is 2.67. The molecule has 0 aliphatic rings. The molecule has 0 saturated carbocycles. The summed E-state index contributed by atoms with van der Waals surface area (Å²) in [7, 11) is 3.97. The van der Waals surface area contributed by atoms with Crippen molar-refractivity contribution in [3.63, 3.8) is 0 Å². The SMILES string of the molecule is Cc1ccc(C(CN(C)C)C(=O)Nc2ccc3cnsc3c2)cc1. The van der Waals surface area contributed by atoms with Gasteiger partial charge in [0.25, 0.3) is 0 Å².